The van der Waals surface area contributed by atoms with Gasteiger partial charge in [-0.3, -0.25) is 14.5 Å². The Morgan fingerprint density at radius 2 is 1.76 bits per heavy atom. The van der Waals surface area contributed by atoms with Gasteiger partial charge in [-0.15, -0.1) is 0 Å². The number of benzene rings is 2. The maximum atomic E-state index is 13.6. The maximum Gasteiger partial charge on any atom is 0.339 e. The average Bonchev–Trinajstić information content (AvgIpc) is 3.04. The van der Waals surface area contributed by atoms with Crippen molar-refractivity contribution >= 4 is 23.7 Å². The van der Waals surface area contributed by atoms with Gasteiger partial charge in [0, 0.05) is 31.5 Å². The van der Waals surface area contributed by atoms with Crippen LogP contribution in [0.2, 0.25) is 0 Å². The van der Waals surface area contributed by atoms with Gasteiger partial charge in [0.25, 0.3) is 17.4 Å². The monoisotopic (exact) mass is 392 g/mol. The van der Waals surface area contributed by atoms with E-state index < -0.39 is 28.9 Å². The van der Waals surface area contributed by atoms with Gasteiger partial charge in [0.15, 0.2) is 5.90 Å². The molecule has 2 amide bonds. The fourth-order valence-electron chi connectivity index (χ4n) is 4.26. The normalized spacial score (nSPS) is 25.5. The molecule has 4 rings (SSSR count). The molecule has 0 saturated heterocycles. The number of aliphatic imine (C=N–C) groups is 1. The predicted octanol–water partition coefficient (Wildman–Crippen LogP) is 2.10. The molecular formula is C22H20N2O5. The Hall–Kier alpha value is -3.48. The Kier molecular flexibility index (Phi) is 4.26. The highest BCUT2D eigenvalue weighted by molar-refractivity contribution is 6.16. The highest BCUT2D eigenvalue weighted by atomic mass is 16.6. The van der Waals surface area contributed by atoms with Crippen molar-refractivity contribution in [3.63, 3.8) is 0 Å². The standard InChI is InChI=1S/C22H20N2O5/c1-14-23-21(20(27)28-3,13-15-9-5-4-6-10-15)22(29-14)17-12-8-7-11-16(17)18(25)24(2)19(22)26/h4-12H,13H2,1-3H3. The van der Waals surface area contributed by atoms with E-state index in [1.165, 1.54) is 14.2 Å². The minimum atomic E-state index is -1.83. The third kappa shape index (κ3) is 2.43. The lowest BCUT2D eigenvalue weighted by atomic mass is 9.68. The smallest absolute Gasteiger partial charge is 0.339 e. The third-order valence-electron chi connectivity index (χ3n) is 5.50. The zero-order valence-corrected chi connectivity index (χ0v) is 16.3. The molecule has 0 fully saturated rings. The number of hydrogen-bond acceptors (Lipinski definition) is 6. The summed E-state index contributed by atoms with van der Waals surface area (Å²) in [7, 11) is 2.63. The minimum absolute atomic E-state index is 0.0694. The number of nitrogens with zero attached hydrogens (tertiary/aromatic N) is 2. The fraction of sp³-hybridized carbons (Fsp3) is 0.273. The summed E-state index contributed by atoms with van der Waals surface area (Å²) in [6.45, 7) is 1.59. The van der Waals surface area contributed by atoms with Gasteiger partial charge in [-0.2, -0.15) is 0 Å². The molecule has 2 unspecified atom stereocenters. The second kappa shape index (κ2) is 6.55. The molecular weight excluding hydrogens is 372 g/mol. The van der Waals surface area contributed by atoms with Crippen LogP contribution in [-0.4, -0.2) is 48.3 Å². The molecule has 0 bridgehead atoms. The third-order valence-corrected chi connectivity index (χ3v) is 5.50. The van der Waals surface area contributed by atoms with E-state index in [1.807, 2.05) is 30.3 Å². The largest absolute Gasteiger partial charge is 0.467 e. The number of likely N-dealkylation sites (N-methyl/N-ethyl adjacent to an activating group) is 1. The summed E-state index contributed by atoms with van der Waals surface area (Å²) in [5.74, 6) is -1.63. The molecule has 0 N–H and O–H groups in total. The van der Waals surface area contributed by atoms with E-state index in [-0.39, 0.29) is 12.3 Å². The molecule has 148 valence electrons. The van der Waals surface area contributed by atoms with Crippen molar-refractivity contribution in [2.24, 2.45) is 4.99 Å². The van der Waals surface area contributed by atoms with E-state index in [1.54, 1.807) is 31.2 Å². The zero-order valence-electron chi connectivity index (χ0n) is 16.3. The summed E-state index contributed by atoms with van der Waals surface area (Å²) in [6.07, 6.45) is 0.0694. The molecule has 0 aromatic heterocycles. The summed E-state index contributed by atoms with van der Waals surface area (Å²) in [6, 6.07) is 15.9. The molecule has 2 heterocycles. The van der Waals surface area contributed by atoms with E-state index in [9.17, 15) is 14.4 Å². The van der Waals surface area contributed by atoms with E-state index in [2.05, 4.69) is 4.99 Å². The second-order valence-electron chi connectivity index (χ2n) is 7.14. The van der Waals surface area contributed by atoms with Gasteiger partial charge in [-0.1, -0.05) is 48.5 Å². The average molecular weight is 392 g/mol. The quantitative estimate of drug-likeness (QED) is 0.590. The number of fused-ring (bicyclic) bond motifs is 2. The van der Waals surface area contributed by atoms with Crippen molar-refractivity contribution in [1.29, 1.82) is 0 Å². The lowest BCUT2D eigenvalue weighted by Gasteiger charge is -2.44. The number of esters is 1. The Bertz CT molecular complexity index is 1050. The Balaban J connectivity index is 2.04. The fourth-order valence-corrected chi connectivity index (χ4v) is 4.26. The van der Waals surface area contributed by atoms with Crippen molar-refractivity contribution in [1.82, 2.24) is 4.90 Å². The van der Waals surface area contributed by atoms with Gasteiger partial charge in [-0.05, 0) is 11.6 Å². The SMILES string of the molecule is COC(=O)C1(Cc2ccccc2)N=C(C)OC12C(=O)N(C)C(=O)c1ccccc12. The van der Waals surface area contributed by atoms with Gasteiger partial charge in [0.05, 0.1) is 7.11 Å². The first-order valence-electron chi connectivity index (χ1n) is 9.17. The van der Waals surface area contributed by atoms with Crippen LogP contribution in [-0.2, 0) is 31.1 Å². The number of ether oxygens (including phenoxy) is 2. The van der Waals surface area contributed by atoms with Crippen LogP contribution in [0.25, 0.3) is 0 Å². The van der Waals surface area contributed by atoms with Crippen LogP contribution in [0, 0.1) is 0 Å². The van der Waals surface area contributed by atoms with Gasteiger partial charge in [0.2, 0.25) is 5.54 Å². The van der Waals surface area contributed by atoms with Gasteiger partial charge in [-0.25, -0.2) is 9.79 Å². The zero-order chi connectivity index (χ0) is 20.8. The van der Waals surface area contributed by atoms with E-state index in [0.717, 1.165) is 10.5 Å². The molecule has 0 radical (unpaired) electrons. The van der Waals surface area contributed by atoms with Crippen LogP contribution in [0.3, 0.4) is 0 Å². The molecule has 29 heavy (non-hydrogen) atoms. The molecule has 7 heteroatoms. The number of methoxy groups -OCH3 is 1. The lowest BCUT2D eigenvalue weighted by molar-refractivity contribution is -0.168. The van der Waals surface area contributed by atoms with Crippen LogP contribution < -0.4 is 0 Å². The van der Waals surface area contributed by atoms with Gasteiger partial charge in [0.1, 0.15) is 0 Å². The van der Waals surface area contributed by atoms with Crippen LogP contribution in [0.15, 0.2) is 59.6 Å². The summed E-state index contributed by atoms with van der Waals surface area (Å²) < 4.78 is 11.2. The summed E-state index contributed by atoms with van der Waals surface area (Å²) in [5, 5.41) is 0. The van der Waals surface area contributed by atoms with Crippen LogP contribution in [0.1, 0.15) is 28.4 Å². The number of amides is 2. The van der Waals surface area contributed by atoms with Crippen molar-refractivity contribution in [3.8, 4) is 0 Å². The van der Waals surface area contributed by atoms with Gasteiger partial charge >= 0.3 is 5.97 Å². The second-order valence-corrected chi connectivity index (χ2v) is 7.14. The molecule has 2 aromatic carbocycles. The first-order chi connectivity index (χ1) is 13.9. The Morgan fingerprint density at radius 1 is 1.10 bits per heavy atom. The predicted molar refractivity (Wildman–Crippen MR) is 104 cm³/mol. The van der Waals surface area contributed by atoms with E-state index in [0.29, 0.717) is 11.1 Å². The van der Waals surface area contributed by atoms with Crippen LogP contribution in [0.4, 0.5) is 0 Å². The van der Waals surface area contributed by atoms with Crippen molar-refractivity contribution in [3.05, 3.63) is 71.3 Å². The van der Waals surface area contributed by atoms with Crippen molar-refractivity contribution < 1.29 is 23.9 Å². The summed E-state index contributed by atoms with van der Waals surface area (Å²) >= 11 is 0. The first-order valence-corrected chi connectivity index (χ1v) is 9.17. The van der Waals surface area contributed by atoms with Crippen LogP contribution in [0.5, 0.6) is 0 Å². The summed E-state index contributed by atoms with van der Waals surface area (Å²) in [4.78, 5) is 45.1. The molecule has 0 saturated carbocycles. The molecule has 7 nitrogen and oxygen atoms in total. The molecule has 2 atom stereocenters. The number of imide groups is 1. The number of hydrogen-bond donors (Lipinski definition) is 0. The molecule has 2 aliphatic rings. The number of rotatable bonds is 3. The van der Waals surface area contributed by atoms with Crippen molar-refractivity contribution in [2.75, 3.05) is 14.2 Å². The lowest BCUT2D eigenvalue weighted by Crippen LogP contribution is -2.66. The number of carbonyl (C=O) groups excluding carboxylic acids is 3. The molecule has 0 aliphatic carbocycles. The Morgan fingerprint density at radius 3 is 2.45 bits per heavy atom. The molecule has 2 aromatic rings. The first kappa shape index (κ1) is 18.9. The van der Waals surface area contributed by atoms with E-state index >= 15 is 0 Å². The molecule has 1 spiro atoms. The van der Waals surface area contributed by atoms with Gasteiger partial charge < -0.3 is 9.47 Å². The minimum Gasteiger partial charge on any atom is -0.467 e. The number of carbonyl (C=O) groups is 3. The molecule has 2 aliphatic heterocycles. The highest BCUT2D eigenvalue weighted by Gasteiger charge is 2.72. The Labute approximate surface area is 167 Å². The maximum absolute atomic E-state index is 13.6. The highest BCUT2D eigenvalue weighted by Crippen LogP contribution is 2.51. The topological polar surface area (TPSA) is 85.3 Å². The van der Waals surface area contributed by atoms with Crippen LogP contribution >= 0.6 is 0 Å². The van der Waals surface area contributed by atoms with E-state index in [4.69, 9.17) is 9.47 Å². The summed E-state index contributed by atoms with van der Waals surface area (Å²) in [5.41, 5.74) is -2.16. The van der Waals surface area contributed by atoms with Crippen molar-refractivity contribution in [2.45, 2.75) is 24.5 Å².